The standard InChI is InChI=1S/C46H31N3S/c1-46(2)37-17-9-6-15-32(37)33-22-20-30(25-38(33)46)48(40-18-10-7-14-31(40)28-12-4-3-5-13-28)29-21-23-42-36(24-29)43-44-35(26-39-45(43)50-27-47-39)34-16-8-11-19-41(34)49(42)44/h3-27H,1-2H3. The predicted molar refractivity (Wildman–Crippen MR) is 212 cm³/mol. The van der Waals surface area contributed by atoms with Gasteiger partial charge in [0, 0.05) is 43.9 Å². The number of hydrogen-bond acceptors (Lipinski definition) is 3. The molecular formula is C46H31N3S. The number of anilines is 3. The largest absolute Gasteiger partial charge is 0.310 e. The number of para-hydroxylation sites is 2. The highest BCUT2D eigenvalue weighted by atomic mass is 32.1. The minimum absolute atomic E-state index is 0.109. The highest BCUT2D eigenvalue weighted by Crippen LogP contribution is 2.52. The molecule has 11 rings (SSSR count). The predicted octanol–water partition coefficient (Wildman–Crippen LogP) is 12.9. The van der Waals surface area contributed by atoms with E-state index in [-0.39, 0.29) is 5.41 Å². The van der Waals surface area contributed by atoms with Gasteiger partial charge in [-0.3, -0.25) is 0 Å². The van der Waals surface area contributed by atoms with Crippen LogP contribution in [-0.4, -0.2) is 9.38 Å². The molecule has 0 aliphatic heterocycles. The molecule has 0 N–H and O–H groups in total. The van der Waals surface area contributed by atoms with Gasteiger partial charge in [-0.1, -0.05) is 111 Å². The van der Waals surface area contributed by atoms with Crippen molar-refractivity contribution in [2.75, 3.05) is 4.90 Å². The van der Waals surface area contributed by atoms with E-state index in [4.69, 9.17) is 4.98 Å². The summed E-state index contributed by atoms with van der Waals surface area (Å²) in [5.41, 5.74) is 17.9. The summed E-state index contributed by atoms with van der Waals surface area (Å²) in [7, 11) is 0. The summed E-state index contributed by atoms with van der Waals surface area (Å²) in [6.45, 7) is 4.72. The Hall–Kier alpha value is -5.97. The molecule has 236 valence electrons. The average Bonchev–Trinajstić information content (AvgIpc) is 3.90. The first kappa shape index (κ1) is 27.9. The molecule has 0 amide bonds. The molecule has 3 nitrogen and oxygen atoms in total. The van der Waals surface area contributed by atoms with Gasteiger partial charge in [-0.2, -0.15) is 0 Å². The number of thiazole rings is 1. The lowest BCUT2D eigenvalue weighted by Crippen LogP contribution is -2.16. The smallest absolute Gasteiger partial charge is 0.0826 e. The second kappa shape index (κ2) is 10.0. The minimum atomic E-state index is -0.109. The summed E-state index contributed by atoms with van der Waals surface area (Å²) in [6.07, 6.45) is 0. The van der Waals surface area contributed by atoms with E-state index in [1.807, 2.05) is 5.51 Å². The average molecular weight is 658 g/mol. The molecule has 0 fully saturated rings. The molecule has 0 radical (unpaired) electrons. The molecule has 0 unspecified atom stereocenters. The Labute approximate surface area is 293 Å². The van der Waals surface area contributed by atoms with Crippen molar-refractivity contribution < 1.29 is 0 Å². The van der Waals surface area contributed by atoms with Crippen LogP contribution < -0.4 is 4.90 Å². The van der Waals surface area contributed by atoms with Gasteiger partial charge in [0.05, 0.1) is 38.0 Å². The normalized spacial score (nSPS) is 13.6. The summed E-state index contributed by atoms with van der Waals surface area (Å²) < 4.78 is 3.71. The molecule has 0 atom stereocenters. The minimum Gasteiger partial charge on any atom is -0.310 e. The van der Waals surface area contributed by atoms with Crippen LogP contribution in [0, 0.1) is 0 Å². The van der Waals surface area contributed by atoms with E-state index < -0.39 is 0 Å². The van der Waals surface area contributed by atoms with Gasteiger partial charge >= 0.3 is 0 Å². The third-order valence-electron chi connectivity index (χ3n) is 11.1. The van der Waals surface area contributed by atoms with Gasteiger partial charge in [-0.05, 0) is 76.3 Å². The number of aromatic nitrogens is 2. The SMILES string of the molecule is CC1(C)c2ccccc2-c2ccc(N(c3ccc4c(c3)c3c5scnc5cc5c6ccccc6n4c53)c3ccccc3-c3ccccc3)cc21. The van der Waals surface area contributed by atoms with Gasteiger partial charge in [0.2, 0.25) is 0 Å². The molecule has 1 aliphatic carbocycles. The first-order valence-corrected chi connectivity index (χ1v) is 18.1. The lowest BCUT2D eigenvalue weighted by molar-refractivity contribution is 0.660. The number of hydrogen-bond donors (Lipinski definition) is 0. The molecule has 7 aromatic carbocycles. The third-order valence-corrected chi connectivity index (χ3v) is 11.9. The van der Waals surface area contributed by atoms with Crippen LogP contribution in [0.5, 0.6) is 0 Å². The summed E-state index contributed by atoms with van der Waals surface area (Å²) in [5.74, 6) is 0. The fraction of sp³-hybridized carbons (Fsp3) is 0.0652. The van der Waals surface area contributed by atoms with Crippen LogP contribution in [0.25, 0.3) is 70.6 Å². The van der Waals surface area contributed by atoms with E-state index >= 15 is 0 Å². The quantitative estimate of drug-likeness (QED) is 0.188. The Kier molecular flexibility index (Phi) is 5.61. The molecule has 1 aliphatic rings. The van der Waals surface area contributed by atoms with Crippen molar-refractivity contribution >= 4 is 76.7 Å². The van der Waals surface area contributed by atoms with Gasteiger partial charge in [0.15, 0.2) is 0 Å². The van der Waals surface area contributed by atoms with Gasteiger partial charge in [-0.25, -0.2) is 4.98 Å². The molecule has 10 aromatic rings. The summed E-state index contributed by atoms with van der Waals surface area (Å²) in [6, 6.07) is 53.7. The van der Waals surface area contributed by atoms with E-state index in [1.54, 1.807) is 11.3 Å². The second-order valence-electron chi connectivity index (χ2n) is 14.0. The molecule has 3 heterocycles. The maximum absolute atomic E-state index is 4.82. The summed E-state index contributed by atoms with van der Waals surface area (Å²) >= 11 is 1.74. The number of fused-ring (bicyclic) bond motifs is 11. The van der Waals surface area contributed by atoms with Crippen molar-refractivity contribution in [2.45, 2.75) is 19.3 Å². The Morgan fingerprint density at radius 2 is 1.28 bits per heavy atom. The number of nitrogens with zero attached hydrogens (tertiary/aromatic N) is 3. The van der Waals surface area contributed by atoms with Crippen molar-refractivity contribution in [1.82, 2.24) is 9.38 Å². The van der Waals surface area contributed by atoms with Crippen LogP contribution >= 0.6 is 11.3 Å². The van der Waals surface area contributed by atoms with E-state index in [0.717, 1.165) is 22.6 Å². The lowest BCUT2D eigenvalue weighted by Gasteiger charge is -2.30. The monoisotopic (exact) mass is 657 g/mol. The van der Waals surface area contributed by atoms with Crippen LogP contribution in [0.4, 0.5) is 17.1 Å². The van der Waals surface area contributed by atoms with Crippen molar-refractivity contribution in [3.63, 3.8) is 0 Å². The Bertz CT molecular complexity index is 2970. The summed E-state index contributed by atoms with van der Waals surface area (Å²) in [5, 5.41) is 5.07. The fourth-order valence-electron chi connectivity index (χ4n) is 8.79. The first-order chi connectivity index (χ1) is 24.6. The van der Waals surface area contributed by atoms with Gasteiger partial charge < -0.3 is 9.30 Å². The molecule has 50 heavy (non-hydrogen) atoms. The van der Waals surface area contributed by atoms with Gasteiger partial charge in [0.1, 0.15) is 0 Å². The lowest BCUT2D eigenvalue weighted by atomic mass is 9.82. The second-order valence-corrected chi connectivity index (χ2v) is 14.9. The zero-order valence-electron chi connectivity index (χ0n) is 27.7. The highest BCUT2D eigenvalue weighted by molar-refractivity contribution is 7.18. The van der Waals surface area contributed by atoms with Crippen LogP contribution in [0.1, 0.15) is 25.0 Å². The van der Waals surface area contributed by atoms with Crippen LogP contribution in [-0.2, 0) is 5.41 Å². The maximum Gasteiger partial charge on any atom is 0.0826 e. The van der Waals surface area contributed by atoms with Crippen LogP contribution in [0.15, 0.2) is 151 Å². The highest BCUT2D eigenvalue weighted by Gasteiger charge is 2.36. The third kappa shape index (κ3) is 3.66. The van der Waals surface area contributed by atoms with E-state index in [0.29, 0.717) is 0 Å². The molecule has 3 aromatic heterocycles. The Balaban J connectivity index is 1.22. The van der Waals surface area contributed by atoms with Crippen molar-refractivity contribution in [3.05, 3.63) is 162 Å². The van der Waals surface area contributed by atoms with Crippen molar-refractivity contribution in [1.29, 1.82) is 0 Å². The molecule has 4 heteroatoms. The Morgan fingerprint density at radius 1 is 0.580 bits per heavy atom. The van der Waals surface area contributed by atoms with Crippen molar-refractivity contribution in [2.24, 2.45) is 0 Å². The molecular weight excluding hydrogens is 627 g/mol. The fourth-order valence-corrected chi connectivity index (χ4v) is 9.62. The zero-order chi connectivity index (χ0) is 33.1. The molecule has 0 spiro atoms. The van der Waals surface area contributed by atoms with Gasteiger partial charge in [0.25, 0.3) is 0 Å². The topological polar surface area (TPSA) is 20.5 Å². The Morgan fingerprint density at radius 3 is 2.18 bits per heavy atom. The maximum atomic E-state index is 4.82. The van der Waals surface area contributed by atoms with Crippen LogP contribution in [0.2, 0.25) is 0 Å². The van der Waals surface area contributed by atoms with Gasteiger partial charge in [-0.15, -0.1) is 11.3 Å². The zero-order valence-corrected chi connectivity index (χ0v) is 28.5. The van der Waals surface area contributed by atoms with Crippen molar-refractivity contribution in [3.8, 4) is 22.3 Å². The van der Waals surface area contributed by atoms with Crippen LogP contribution in [0.3, 0.4) is 0 Å². The van der Waals surface area contributed by atoms with E-state index in [1.165, 1.54) is 76.2 Å². The number of rotatable bonds is 4. The molecule has 0 saturated carbocycles. The van der Waals surface area contributed by atoms with E-state index in [9.17, 15) is 0 Å². The first-order valence-electron chi connectivity index (χ1n) is 17.2. The van der Waals surface area contributed by atoms with E-state index in [2.05, 4.69) is 169 Å². The molecule has 0 bridgehead atoms. The summed E-state index contributed by atoms with van der Waals surface area (Å²) in [4.78, 5) is 7.29. The molecule has 0 saturated heterocycles. The number of benzene rings is 7.